The topological polar surface area (TPSA) is 58.1 Å². The Morgan fingerprint density at radius 3 is 2.85 bits per heavy atom. The molecule has 3 heterocycles. The number of urea groups is 1. The van der Waals surface area contributed by atoms with Gasteiger partial charge in [0, 0.05) is 17.9 Å². The van der Waals surface area contributed by atoms with Crippen molar-refractivity contribution in [1.82, 2.24) is 14.9 Å². The van der Waals surface area contributed by atoms with Crippen molar-refractivity contribution in [2.75, 3.05) is 5.32 Å². The number of hydrogen-bond donors (Lipinski definition) is 1. The molecule has 1 fully saturated rings. The summed E-state index contributed by atoms with van der Waals surface area (Å²) in [6.45, 7) is 0. The quantitative estimate of drug-likeness (QED) is 0.793. The summed E-state index contributed by atoms with van der Waals surface area (Å²) >= 11 is 5.72. The average molecular weight is 383 g/mol. The first-order valence-electron chi connectivity index (χ1n) is 8.09. The zero-order chi connectivity index (χ0) is 18.5. The molecule has 0 radical (unpaired) electrons. The Morgan fingerprint density at radius 1 is 1.31 bits per heavy atom. The molecule has 2 aromatic rings. The standard InChI is InChI=1S/C17H14ClF3N4O/c18-13-6-10(1-3-12(13)17(19,20)21)24-16(26)25-11-2-4-14(25)15-9(5-11)7-22-8-23-15/h1,3,6-8,11,14H,2,4-5H2,(H,24,26)/t11-,14+/m1/s1. The van der Waals surface area contributed by atoms with Crippen LogP contribution >= 0.6 is 11.6 Å². The van der Waals surface area contributed by atoms with E-state index in [-0.39, 0.29) is 23.8 Å². The summed E-state index contributed by atoms with van der Waals surface area (Å²) in [5.74, 6) is 0. The van der Waals surface area contributed by atoms with Gasteiger partial charge in [0.05, 0.1) is 22.3 Å². The molecule has 1 N–H and O–H groups in total. The number of aromatic nitrogens is 2. The minimum absolute atomic E-state index is 0.0309. The van der Waals surface area contributed by atoms with E-state index >= 15 is 0 Å². The van der Waals surface area contributed by atoms with Crippen LogP contribution in [-0.2, 0) is 12.6 Å². The van der Waals surface area contributed by atoms with Crippen molar-refractivity contribution in [2.24, 2.45) is 0 Å². The summed E-state index contributed by atoms with van der Waals surface area (Å²) in [4.78, 5) is 22.8. The van der Waals surface area contributed by atoms with Gasteiger partial charge in [-0.2, -0.15) is 13.2 Å². The number of hydrogen-bond acceptors (Lipinski definition) is 3. The number of anilines is 1. The van der Waals surface area contributed by atoms with Crippen LogP contribution in [-0.4, -0.2) is 26.9 Å². The lowest BCUT2D eigenvalue weighted by Crippen LogP contribution is -2.44. The zero-order valence-electron chi connectivity index (χ0n) is 13.4. The van der Waals surface area contributed by atoms with Crippen molar-refractivity contribution in [3.8, 4) is 0 Å². The highest BCUT2D eigenvalue weighted by molar-refractivity contribution is 6.31. The number of halogens is 4. The molecule has 136 valence electrons. The number of alkyl halides is 3. The third-order valence-corrected chi connectivity index (χ3v) is 5.17. The smallest absolute Gasteiger partial charge is 0.313 e. The van der Waals surface area contributed by atoms with Crippen molar-refractivity contribution >= 4 is 23.3 Å². The van der Waals surface area contributed by atoms with E-state index in [0.717, 1.165) is 36.2 Å². The van der Waals surface area contributed by atoms with Crippen molar-refractivity contribution < 1.29 is 18.0 Å². The Morgan fingerprint density at radius 2 is 2.12 bits per heavy atom. The Labute approximate surface area is 152 Å². The lowest BCUT2D eigenvalue weighted by Gasteiger charge is -2.35. The van der Waals surface area contributed by atoms with Crippen LogP contribution in [0.25, 0.3) is 0 Å². The van der Waals surface area contributed by atoms with Crippen LogP contribution in [0.2, 0.25) is 5.02 Å². The normalized spacial score (nSPS) is 21.5. The number of nitrogens with zero attached hydrogens (tertiary/aromatic N) is 3. The summed E-state index contributed by atoms with van der Waals surface area (Å²) in [5, 5.41) is 2.21. The molecule has 0 aliphatic carbocycles. The van der Waals surface area contributed by atoms with Crippen LogP contribution in [0.1, 0.15) is 35.7 Å². The van der Waals surface area contributed by atoms with Gasteiger partial charge in [0.15, 0.2) is 0 Å². The second-order valence-electron chi connectivity index (χ2n) is 6.41. The third kappa shape index (κ3) is 2.88. The lowest BCUT2D eigenvalue weighted by atomic mass is 10.00. The van der Waals surface area contributed by atoms with Gasteiger partial charge in [-0.1, -0.05) is 11.6 Å². The highest BCUT2D eigenvalue weighted by atomic mass is 35.5. The van der Waals surface area contributed by atoms with Gasteiger partial charge in [-0.3, -0.25) is 0 Å². The highest BCUT2D eigenvalue weighted by Gasteiger charge is 2.43. The van der Waals surface area contributed by atoms with Gasteiger partial charge in [0.2, 0.25) is 0 Å². The maximum absolute atomic E-state index is 12.8. The predicted octanol–water partition coefficient (Wildman–Crippen LogP) is 4.44. The molecule has 1 saturated heterocycles. The maximum Gasteiger partial charge on any atom is 0.417 e. The van der Waals surface area contributed by atoms with Crippen molar-refractivity contribution in [3.05, 3.63) is 52.6 Å². The number of rotatable bonds is 1. The number of nitrogens with one attached hydrogen (secondary N) is 1. The molecule has 1 aromatic carbocycles. The van der Waals surface area contributed by atoms with Crippen molar-refractivity contribution in [2.45, 2.75) is 37.5 Å². The SMILES string of the molecule is O=C(Nc1ccc(C(F)(F)F)c(Cl)c1)N1[C@@H]2CC[C@H]1c1ncncc1C2. The number of carbonyl (C=O) groups excluding carboxylic acids is 1. The fourth-order valence-electron chi connectivity index (χ4n) is 3.75. The van der Waals surface area contributed by atoms with E-state index in [2.05, 4.69) is 15.3 Å². The monoisotopic (exact) mass is 382 g/mol. The molecular weight excluding hydrogens is 369 g/mol. The van der Waals surface area contributed by atoms with E-state index in [1.165, 1.54) is 12.4 Å². The average Bonchev–Trinajstić information content (AvgIpc) is 2.89. The summed E-state index contributed by atoms with van der Waals surface area (Å²) in [5.41, 5.74) is 1.18. The van der Waals surface area contributed by atoms with Crippen LogP contribution < -0.4 is 5.32 Å². The van der Waals surface area contributed by atoms with Gasteiger partial charge in [-0.25, -0.2) is 14.8 Å². The van der Waals surface area contributed by atoms with E-state index in [1.807, 2.05) is 0 Å². The molecule has 2 aliphatic rings. The van der Waals surface area contributed by atoms with Gasteiger partial charge < -0.3 is 10.2 Å². The van der Waals surface area contributed by atoms with Gasteiger partial charge in [0.25, 0.3) is 0 Å². The number of fused-ring (bicyclic) bond motifs is 4. The molecule has 2 bridgehead atoms. The summed E-state index contributed by atoms with van der Waals surface area (Å²) < 4.78 is 38.4. The fourth-order valence-corrected chi connectivity index (χ4v) is 4.04. The molecule has 0 saturated carbocycles. The summed E-state index contributed by atoms with van der Waals surface area (Å²) in [6, 6.07) is 2.71. The Kier molecular flexibility index (Phi) is 4.02. The minimum atomic E-state index is -4.53. The minimum Gasteiger partial charge on any atom is -0.313 e. The second-order valence-corrected chi connectivity index (χ2v) is 6.82. The molecule has 2 amide bonds. The van der Waals surface area contributed by atoms with Crippen LogP contribution in [0.15, 0.2) is 30.7 Å². The molecule has 0 unspecified atom stereocenters. The van der Waals surface area contributed by atoms with Gasteiger partial charge in [-0.15, -0.1) is 0 Å². The fraction of sp³-hybridized carbons (Fsp3) is 0.353. The third-order valence-electron chi connectivity index (χ3n) is 4.86. The molecule has 0 spiro atoms. The molecule has 4 rings (SSSR count). The molecular formula is C17H14ClF3N4O. The first kappa shape index (κ1) is 17.1. The second kappa shape index (κ2) is 6.12. The van der Waals surface area contributed by atoms with Crippen molar-refractivity contribution in [3.63, 3.8) is 0 Å². The van der Waals surface area contributed by atoms with Gasteiger partial charge in [-0.05, 0) is 43.0 Å². The Bertz CT molecular complexity index is 873. The number of amides is 2. The van der Waals surface area contributed by atoms with E-state index in [1.54, 1.807) is 11.1 Å². The largest absolute Gasteiger partial charge is 0.417 e. The highest BCUT2D eigenvalue weighted by Crippen LogP contribution is 2.43. The molecule has 26 heavy (non-hydrogen) atoms. The number of benzene rings is 1. The van der Waals surface area contributed by atoms with Crippen LogP contribution in [0.5, 0.6) is 0 Å². The lowest BCUT2D eigenvalue weighted by molar-refractivity contribution is -0.137. The first-order chi connectivity index (χ1) is 12.3. The Balaban J connectivity index is 1.56. The van der Waals surface area contributed by atoms with E-state index < -0.39 is 16.8 Å². The summed E-state index contributed by atoms with van der Waals surface area (Å²) in [6.07, 6.45) is 1.03. The van der Waals surface area contributed by atoms with E-state index in [4.69, 9.17) is 11.6 Å². The van der Waals surface area contributed by atoms with Crippen molar-refractivity contribution in [1.29, 1.82) is 0 Å². The van der Waals surface area contributed by atoms with Gasteiger partial charge >= 0.3 is 12.2 Å². The van der Waals surface area contributed by atoms with Crippen LogP contribution in [0.3, 0.4) is 0 Å². The Hall–Kier alpha value is -2.35. The maximum atomic E-state index is 12.8. The van der Waals surface area contributed by atoms with E-state index in [9.17, 15) is 18.0 Å². The first-order valence-corrected chi connectivity index (χ1v) is 8.47. The van der Waals surface area contributed by atoms with Gasteiger partial charge in [0.1, 0.15) is 6.33 Å². The molecule has 1 aromatic heterocycles. The predicted molar refractivity (Wildman–Crippen MR) is 88.8 cm³/mol. The van der Waals surface area contributed by atoms with Crippen LogP contribution in [0.4, 0.5) is 23.7 Å². The molecule has 2 aliphatic heterocycles. The van der Waals surface area contributed by atoms with E-state index in [0.29, 0.717) is 6.42 Å². The molecule has 5 nitrogen and oxygen atoms in total. The molecule has 9 heteroatoms. The van der Waals surface area contributed by atoms with Crippen LogP contribution in [0, 0.1) is 0 Å². The summed E-state index contributed by atoms with van der Waals surface area (Å²) in [7, 11) is 0. The number of carbonyl (C=O) groups is 1. The zero-order valence-corrected chi connectivity index (χ0v) is 14.2. The molecule has 2 atom stereocenters.